The van der Waals surface area contributed by atoms with E-state index in [2.05, 4.69) is 0 Å². The van der Waals surface area contributed by atoms with Crippen molar-refractivity contribution in [1.82, 2.24) is 0 Å². The van der Waals surface area contributed by atoms with Crippen molar-refractivity contribution >= 4 is 31.6 Å². The summed E-state index contributed by atoms with van der Waals surface area (Å²) in [5.74, 6) is -2.46. The van der Waals surface area contributed by atoms with Gasteiger partial charge >= 0.3 is 23.0 Å². The van der Waals surface area contributed by atoms with Gasteiger partial charge in [0, 0.05) is 6.42 Å². The fourth-order valence-electron chi connectivity index (χ4n) is 6.10. The normalized spacial score (nSPS) is 32.6. The van der Waals surface area contributed by atoms with E-state index >= 15 is 0 Å². The summed E-state index contributed by atoms with van der Waals surface area (Å²) in [5.41, 5.74) is -15.2. The van der Waals surface area contributed by atoms with Crippen LogP contribution in [0.2, 0.25) is 0 Å². The molecule has 0 aromatic rings. The van der Waals surface area contributed by atoms with Crippen LogP contribution in [0.3, 0.4) is 0 Å². The summed E-state index contributed by atoms with van der Waals surface area (Å²) in [7, 11) is -13.7. The van der Waals surface area contributed by atoms with E-state index < -0.39 is 70.6 Å². The summed E-state index contributed by atoms with van der Waals surface area (Å²) in [6, 6.07) is 0. The van der Waals surface area contributed by atoms with E-state index in [0.717, 1.165) is 6.92 Å². The molecule has 4 fully saturated rings. The minimum absolute atomic E-state index is 0.126. The molecule has 0 saturated heterocycles. The molecule has 0 amide bonds. The molecule has 0 radical (unpaired) electrons. The van der Waals surface area contributed by atoms with Gasteiger partial charge in [0.2, 0.25) is 0 Å². The third-order valence-electron chi connectivity index (χ3n) is 7.12. The molecular weight excluding hydrogens is 522 g/mol. The van der Waals surface area contributed by atoms with Crippen LogP contribution in [0, 0.1) is 22.7 Å². The predicted molar refractivity (Wildman–Crippen MR) is 101 cm³/mol. The Morgan fingerprint density at radius 3 is 1.71 bits per heavy atom. The third-order valence-corrected chi connectivity index (χ3v) is 11.7. The molecule has 34 heavy (non-hydrogen) atoms. The highest BCUT2D eigenvalue weighted by Crippen LogP contribution is 2.65. The summed E-state index contributed by atoms with van der Waals surface area (Å²) in [5, 5.41) is 9.71. The number of ether oxygens (including phenoxy) is 1. The number of hydrogen-bond acceptors (Lipinski definition) is 7. The molecule has 0 aromatic heterocycles. The molecule has 196 valence electrons. The van der Waals surface area contributed by atoms with Gasteiger partial charge in [-0.05, 0) is 57.3 Å². The Kier molecular flexibility index (Phi) is 6.33. The number of carboxylic acids is 1. The zero-order valence-electron chi connectivity index (χ0n) is 17.6. The van der Waals surface area contributed by atoms with Crippen LogP contribution in [-0.2, 0) is 34.0 Å². The van der Waals surface area contributed by atoms with Gasteiger partial charge < -0.3 is 9.84 Å². The number of rotatable bonds is 7. The molecular formula is C18H22F6O8S2. The number of carboxylic acid groups (broad SMARTS) is 1. The van der Waals surface area contributed by atoms with Crippen molar-refractivity contribution in [2.45, 2.75) is 73.6 Å². The van der Waals surface area contributed by atoms with Gasteiger partial charge in [-0.2, -0.15) is 26.3 Å². The van der Waals surface area contributed by atoms with Crippen LogP contribution in [0.1, 0.15) is 51.9 Å². The van der Waals surface area contributed by atoms with Crippen LogP contribution in [0.15, 0.2) is 0 Å². The Labute approximate surface area is 190 Å². The van der Waals surface area contributed by atoms with Crippen LogP contribution >= 0.6 is 0 Å². The first kappa shape index (κ1) is 27.0. The Hall–Kier alpha value is -1.58. The molecule has 0 spiro atoms. The van der Waals surface area contributed by atoms with E-state index in [0.29, 0.717) is 19.3 Å². The summed E-state index contributed by atoms with van der Waals surface area (Å²) < 4.78 is 126. The maximum absolute atomic E-state index is 13.0. The van der Waals surface area contributed by atoms with Gasteiger partial charge in [-0.3, -0.25) is 9.59 Å². The first-order valence-corrected chi connectivity index (χ1v) is 13.3. The van der Waals surface area contributed by atoms with Crippen molar-refractivity contribution < 1.29 is 62.6 Å². The number of aliphatic carboxylic acids is 1. The van der Waals surface area contributed by atoms with Crippen molar-refractivity contribution in [3.05, 3.63) is 0 Å². The summed E-state index contributed by atoms with van der Waals surface area (Å²) in [6.07, 6.45) is -2.11. The SMILES string of the molecule is CC(CC(S(=O)(=O)C(F)(F)F)S(=O)(=O)C(F)(F)F)OC(=O)C12CC3CC(CC(C(=O)O)(C3)C1)C2. The third kappa shape index (κ3) is 4.28. The Morgan fingerprint density at radius 1 is 0.912 bits per heavy atom. The second kappa shape index (κ2) is 7.96. The fraction of sp³-hybridized carbons (Fsp3) is 0.889. The molecule has 4 rings (SSSR count). The molecule has 1 N–H and O–H groups in total. The molecule has 0 heterocycles. The van der Waals surface area contributed by atoms with Crippen LogP contribution < -0.4 is 0 Å². The zero-order chi connectivity index (χ0) is 26.1. The lowest BCUT2D eigenvalue weighted by Crippen LogP contribution is -2.58. The molecule has 4 aliphatic carbocycles. The summed E-state index contributed by atoms with van der Waals surface area (Å²) >= 11 is 0. The largest absolute Gasteiger partial charge is 0.498 e. The molecule has 4 saturated carbocycles. The Bertz CT molecular complexity index is 1020. The highest BCUT2D eigenvalue weighted by Gasteiger charge is 2.65. The highest BCUT2D eigenvalue weighted by atomic mass is 32.3. The number of carbonyl (C=O) groups is 2. The molecule has 0 aromatic carbocycles. The van der Waals surface area contributed by atoms with Crippen molar-refractivity contribution in [3.8, 4) is 0 Å². The molecule has 4 aliphatic rings. The standard InChI is InChI=1S/C18H22F6O8S2/c1-9(2-12(33(28,29)17(19,20)21)34(30,31)18(22,23)24)32-14(27)16-6-10-3-11(7-16)5-15(4-10,8-16)13(25)26/h9-12H,2-8H2,1H3,(H,25,26). The lowest BCUT2D eigenvalue weighted by molar-refractivity contribution is -0.193. The van der Waals surface area contributed by atoms with E-state index in [9.17, 15) is 57.9 Å². The van der Waals surface area contributed by atoms with Gasteiger partial charge in [0.25, 0.3) is 19.7 Å². The first-order chi connectivity index (χ1) is 15.2. The van der Waals surface area contributed by atoms with E-state index in [1.165, 1.54) is 0 Å². The second-order valence-electron chi connectivity index (χ2n) is 9.69. The molecule has 3 unspecified atom stereocenters. The summed E-state index contributed by atoms with van der Waals surface area (Å²) in [6.45, 7) is 0.788. The van der Waals surface area contributed by atoms with Crippen molar-refractivity contribution in [2.75, 3.05) is 0 Å². The number of sulfone groups is 2. The van der Waals surface area contributed by atoms with Gasteiger partial charge in [0.05, 0.1) is 10.8 Å². The smallest absolute Gasteiger partial charge is 0.481 e. The van der Waals surface area contributed by atoms with Crippen LogP contribution in [0.4, 0.5) is 26.3 Å². The molecule has 0 aliphatic heterocycles. The number of hydrogen-bond donors (Lipinski definition) is 1. The fourth-order valence-corrected chi connectivity index (χ4v) is 9.73. The van der Waals surface area contributed by atoms with Gasteiger partial charge in [-0.1, -0.05) is 0 Å². The zero-order valence-corrected chi connectivity index (χ0v) is 19.3. The lowest BCUT2D eigenvalue weighted by Gasteiger charge is -2.59. The van der Waals surface area contributed by atoms with Crippen LogP contribution in [-0.4, -0.2) is 55.6 Å². The van der Waals surface area contributed by atoms with Crippen LogP contribution in [0.5, 0.6) is 0 Å². The Balaban J connectivity index is 1.86. The van der Waals surface area contributed by atoms with E-state index in [-0.39, 0.29) is 31.1 Å². The van der Waals surface area contributed by atoms with E-state index in [4.69, 9.17) is 4.74 Å². The average Bonchev–Trinajstić information content (AvgIpc) is 2.62. The van der Waals surface area contributed by atoms with Gasteiger partial charge in [-0.15, -0.1) is 0 Å². The monoisotopic (exact) mass is 544 g/mol. The topological polar surface area (TPSA) is 132 Å². The number of carbonyl (C=O) groups excluding carboxylic acids is 1. The van der Waals surface area contributed by atoms with Crippen molar-refractivity contribution in [3.63, 3.8) is 0 Å². The highest BCUT2D eigenvalue weighted by molar-refractivity contribution is 8.09. The van der Waals surface area contributed by atoms with Gasteiger partial charge in [0.15, 0.2) is 4.58 Å². The van der Waals surface area contributed by atoms with Crippen molar-refractivity contribution in [2.24, 2.45) is 22.7 Å². The van der Waals surface area contributed by atoms with Crippen molar-refractivity contribution in [1.29, 1.82) is 0 Å². The maximum Gasteiger partial charge on any atom is 0.498 e. The van der Waals surface area contributed by atoms with E-state index in [1.54, 1.807) is 0 Å². The quantitative estimate of drug-likeness (QED) is 0.382. The average molecular weight is 544 g/mol. The summed E-state index contributed by atoms with van der Waals surface area (Å²) in [4.78, 5) is 24.9. The molecule has 8 nitrogen and oxygen atoms in total. The van der Waals surface area contributed by atoms with E-state index in [1.807, 2.05) is 0 Å². The predicted octanol–water partition coefficient (Wildman–Crippen LogP) is 3.17. The number of halogens is 6. The number of esters is 1. The molecule has 16 heteroatoms. The minimum Gasteiger partial charge on any atom is -0.481 e. The van der Waals surface area contributed by atoms with Gasteiger partial charge in [-0.25, -0.2) is 16.8 Å². The first-order valence-electron chi connectivity index (χ1n) is 10.2. The molecule has 4 bridgehead atoms. The second-order valence-corrected chi connectivity index (χ2v) is 14.2. The minimum atomic E-state index is -6.85. The van der Waals surface area contributed by atoms with Gasteiger partial charge in [0.1, 0.15) is 6.10 Å². The maximum atomic E-state index is 13.0. The lowest BCUT2D eigenvalue weighted by atomic mass is 9.44. The van der Waals surface area contributed by atoms with Crippen LogP contribution in [0.25, 0.3) is 0 Å². The molecule has 3 atom stereocenters. The number of alkyl halides is 6. The Morgan fingerprint density at radius 2 is 1.32 bits per heavy atom.